The molecule has 0 aliphatic carbocycles. The minimum absolute atomic E-state index is 1.03. The van der Waals surface area contributed by atoms with E-state index in [1.807, 2.05) is 6.92 Å². The maximum absolute atomic E-state index is 4.60. The summed E-state index contributed by atoms with van der Waals surface area (Å²) in [6.07, 6.45) is 6.39. The Labute approximate surface area is 78.2 Å². The summed E-state index contributed by atoms with van der Waals surface area (Å²) in [5.41, 5.74) is 1.03. The Hall–Kier alpha value is -1.07. The Morgan fingerprint density at radius 3 is 2.25 bits per heavy atom. The van der Waals surface area contributed by atoms with E-state index in [2.05, 4.69) is 30.8 Å². The van der Waals surface area contributed by atoms with Crippen molar-refractivity contribution >= 4 is 17.4 Å². The summed E-state index contributed by atoms with van der Waals surface area (Å²) in [4.78, 5) is 5.48. The molecule has 0 N–H and O–H groups in total. The molecular weight excluding hydrogens is 166 g/mol. The highest BCUT2D eigenvalue weighted by Crippen LogP contribution is 2.16. The Balaban J connectivity index is 0.000000354. The van der Waals surface area contributed by atoms with E-state index in [9.17, 15) is 0 Å². The van der Waals surface area contributed by atoms with Crippen molar-refractivity contribution in [3.8, 4) is 12.3 Å². The van der Waals surface area contributed by atoms with Crippen molar-refractivity contribution in [2.24, 2.45) is 0 Å². The third kappa shape index (κ3) is 3.36. The first-order valence-corrected chi connectivity index (χ1v) is 4.41. The van der Waals surface area contributed by atoms with E-state index in [4.69, 9.17) is 0 Å². The van der Waals surface area contributed by atoms with E-state index in [0.29, 0.717) is 0 Å². The second-order valence-electron chi connectivity index (χ2n) is 2.17. The molecule has 0 spiro atoms. The summed E-state index contributed by atoms with van der Waals surface area (Å²) >= 11 is 1.71. The highest BCUT2D eigenvalue weighted by atomic mass is 32.1. The Morgan fingerprint density at radius 2 is 2.08 bits per heavy atom. The number of thiazole rings is 1. The van der Waals surface area contributed by atoms with Crippen LogP contribution >= 0.6 is 11.3 Å². The number of hydrogen-bond acceptors (Lipinski definition) is 2. The molecule has 1 nitrogen and oxygen atoms in total. The van der Waals surface area contributed by atoms with E-state index >= 15 is 0 Å². The van der Waals surface area contributed by atoms with Crippen molar-refractivity contribution in [1.82, 2.24) is 4.98 Å². The molecule has 2 heteroatoms. The van der Waals surface area contributed by atoms with E-state index in [0.717, 1.165) is 10.7 Å². The molecule has 0 aliphatic rings. The standard InChI is InChI=1S/C7H9NS.C3H4/c1-4-7-5(2)9-6(3)8-7;1-3-2/h4H,1H2,2-3H3;1H,2H3. The van der Waals surface area contributed by atoms with E-state index < -0.39 is 0 Å². The quantitative estimate of drug-likeness (QED) is 0.604. The molecule has 1 aromatic heterocycles. The van der Waals surface area contributed by atoms with E-state index in [-0.39, 0.29) is 0 Å². The fourth-order valence-corrected chi connectivity index (χ4v) is 1.56. The van der Waals surface area contributed by atoms with Gasteiger partial charge in [0.2, 0.25) is 0 Å². The average Bonchev–Trinajstić information content (AvgIpc) is 2.31. The normalized spacial score (nSPS) is 7.83. The first-order valence-electron chi connectivity index (χ1n) is 3.59. The number of nitrogens with zero attached hydrogens (tertiary/aromatic N) is 1. The predicted molar refractivity (Wildman–Crippen MR) is 56.2 cm³/mol. The van der Waals surface area contributed by atoms with Crippen LogP contribution in [0, 0.1) is 26.2 Å². The predicted octanol–water partition coefficient (Wildman–Crippen LogP) is 3.04. The molecule has 0 aromatic carbocycles. The van der Waals surface area contributed by atoms with Crippen LogP contribution in [-0.4, -0.2) is 4.98 Å². The fraction of sp³-hybridized carbons (Fsp3) is 0.300. The number of aromatic nitrogens is 1. The zero-order chi connectivity index (χ0) is 9.56. The van der Waals surface area contributed by atoms with Gasteiger partial charge in [0.1, 0.15) is 0 Å². The van der Waals surface area contributed by atoms with Crippen molar-refractivity contribution in [3.05, 3.63) is 22.2 Å². The van der Waals surface area contributed by atoms with Crippen molar-refractivity contribution in [3.63, 3.8) is 0 Å². The van der Waals surface area contributed by atoms with E-state index in [1.54, 1.807) is 24.3 Å². The highest BCUT2D eigenvalue weighted by Gasteiger charge is 1.97. The molecular formula is C10H13NS. The Morgan fingerprint density at radius 1 is 1.58 bits per heavy atom. The summed E-state index contributed by atoms with van der Waals surface area (Å²) in [6.45, 7) is 9.36. The molecule has 0 unspecified atom stereocenters. The van der Waals surface area contributed by atoms with Gasteiger partial charge < -0.3 is 0 Å². The maximum atomic E-state index is 4.60. The van der Waals surface area contributed by atoms with Gasteiger partial charge in [0.05, 0.1) is 10.7 Å². The molecule has 1 rings (SSSR count). The van der Waals surface area contributed by atoms with E-state index in [1.165, 1.54) is 4.88 Å². The zero-order valence-electron chi connectivity index (χ0n) is 7.72. The van der Waals surface area contributed by atoms with Crippen molar-refractivity contribution in [1.29, 1.82) is 0 Å². The second-order valence-corrected chi connectivity index (χ2v) is 3.57. The third-order valence-corrected chi connectivity index (χ3v) is 2.03. The van der Waals surface area contributed by atoms with Gasteiger partial charge >= 0.3 is 0 Å². The van der Waals surface area contributed by atoms with Crippen LogP contribution in [0.4, 0.5) is 0 Å². The Kier molecular flexibility index (Phi) is 5.07. The average molecular weight is 179 g/mol. The minimum Gasteiger partial charge on any atom is -0.242 e. The van der Waals surface area contributed by atoms with Crippen LogP contribution in [0.1, 0.15) is 22.5 Å². The second kappa shape index (κ2) is 5.56. The van der Waals surface area contributed by atoms with Gasteiger partial charge in [0.25, 0.3) is 0 Å². The van der Waals surface area contributed by atoms with Gasteiger partial charge in [-0.3, -0.25) is 0 Å². The lowest BCUT2D eigenvalue weighted by Crippen LogP contribution is -1.72. The minimum atomic E-state index is 1.03. The van der Waals surface area contributed by atoms with Crippen LogP contribution in [0.5, 0.6) is 0 Å². The fourth-order valence-electron chi connectivity index (χ4n) is 0.734. The van der Waals surface area contributed by atoms with Gasteiger partial charge in [-0.15, -0.1) is 23.7 Å². The van der Waals surface area contributed by atoms with Gasteiger partial charge in [-0.2, -0.15) is 0 Å². The molecule has 64 valence electrons. The van der Waals surface area contributed by atoms with Crippen LogP contribution in [0.15, 0.2) is 6.58 Å². The first-order chi connectivity index (χ1) is 5.65. The summed E-state index contributed by atoms with van der Waals surface area (Å²) in [5.74, 6) is 2.25. The van der Waals surface area contributed by atoms with Gasteiger partial charge in [-0.1, -0.05) is 6.58 Å². The lowest BCUT2D eigenvalue weighted by atomic mass is 10.4. The molecule has 0 fully saturated rings. The van der Waals surface area contributed by atoms with Crippen LogP contribution < -0.4 is 0 Å². The first kappa shape index (κ1) is 10.9. The van der Waals surface area contributed by atoms with Gasteiger partial charge in [0, 0.05) is 4.88 Å². The lowest BCUT2D eigenvalue weighted by Gasteiger charge is -1.80. The molecule has 0 amide bonds. The van der Waals surface area contributed by atoms with Crippen molar-refractivity contribution in [2.75, 3.05) is 0 Å². The SMILES string of the molecule is C#CC.C=Cc1nc(C)sc1C. The topological polar surface area (TPSA) is 12.9 Å². The van der Waals surface area contributed by atoms with Crippen molar-refractivity contribution < 1.29 is 0 Å². The highest BCUT2D eigenvalue weighted by molar-refractivity contribution is 7.11. The number of aryl methyl sites for hydroxylation is 2. The third-order valence-electron chi connectivity index (χ3n) is 1.13. The molecule has 0 atom stereocenters. The molecule has 1 heterocycles. The van der Waals surface area contributed by atoms with Crippen LogP contribution in [-0.2, 0) is 0 Å². The number of hydrogen-bond donors (Lipinski definition) is 0. The van der Waals surface area contributed by atoms with Gasteiger partial charge in [-0.25, -0.2) is 4.98 Å². The largest absolute Gasteiger partial charge is 0.242 e. The molecule has 0 saturated heterocycles. The number of rotatable bonds is 1. The van der Waals surface area contributed by atoms with Crippen LogP contribution in [0.25, 0.3) is 6.08 Å². The molecule has 0 radical (unpaired) electrons. The lowest BCUT2D eigenvalue weighted by molar-refractivity contribution is 1.26. The summed E-state index contributed by atoms with van der Waals surface area (Å²) in [5, 5.41) is 1.11. The molecule has 0 aliphatic heterocycles. The zero-order valence-corrected chi connectivity index (χ0v) is 8.53. The Bertz CT molecular complexity index is 291. The van der Waals surface area contributed by atoms with Gasteiger partial charge in [0.15, 0.2) is 0 Å². The maximum Gasteiger partial charge on any atom is 0.0904 e. The molecule has 12 heavy (non-hydrogen) atoms. The molecule has 1 aromatic rings. The van der Waals surface area contributed by atoms with Crippen LogP contribution in [0.2, 0.25) is 0 Å². The van der Waals surface area contributed by atoms with Crippen LogP contribution in [0.3, 0.4) is 0 Å². The van der Waals surface area contributed by atoms with Crippen molar-refractivity contribution in [2.45, 2.75) is 20.8 Å². The number of terminal acetylenes is 1. The van der Waals surface area contributed by atoms with Gasteiger partial charge in [-0.05, 0) is 26.8 Å². The molecule has 0 saturated carbocycles. The monoisotopic (exact) mass is 179 g/mol. The summed E-state index contributed by atoms with van der Waals surface area (Å²) in [7, 11) is 0. The smallest absolute Gasteiger partial charge is 0.0904 e. The summed E-state index contributed by atoms with van der Waals surface area (Å²) < 4.78 is 0. The molecule has 0 bridgehead atoms. The summed E-state index contributed by atoms with van der Waals surface area (Å²) in [6, 6.07) is 0.